The standard InChI is InChI=1S/C11H12N2O7S/c1-6(11(15)16)12-10(14)7-3-8(13(17)18)5-9(4-7)21(2,19)20/h3-6H,1-2H3,(H,12,14)(H,15,16)/t6-/m1/s1. The number of sulfone groups is 1. The average Bonchev–Trinajstić information content (AvgIpc) is 2.36. The average molecular weight is 316 g/mol. The number of nitro groups is 1. The molecule has 21 heavy (non-hydrogen) atoms. The van der Waals surface area contributed by atoms with Crippen LogP contribution in [0.5, 0.6) is 0 Å². The van der Waals surface area contributed by atoms with Gasteiger partial charge >= 0.3 is 5.97 Å². The van der Waals surface area contributed by atoms with Crippen LogP contribution in [0.1, 0.15) is 17.3 Å². The fourth-order valence-electron chi connectivity index (χ4n) is 1.38. The molecule has 2 N–H and O–H groups in total. The molecule has 0 fully saturated rings. The molecule has 1 atom stereocenters. The number of carbonyl (C=O) groups is 2. The van der Waals surface area contributed by atoms with Gasteiger partial charge in [-0.25, -0.2) is 8.42 Å². The Morgan fingerprint density at radius 3 is 2.33 bits per heavy atom. The van der Waals surface area contributed by atoms with E-state index in [2.05, 4.69) is 5.32 Å². The number of aliphatic carboxylic acids is 1. The van der Waals surface area contributed by atoms with E-state index in [9.17, 15) is 28.1 Å². The van der Waals surface area contributed by atoms with Crippen LogP contribution in [-0.4, -0.2) is 42.6 Å². The van der Waals surface area contributed by atoms with Crippen LogP contribution in [0.2, 0.25) is 0 Å². The minimum Gasteiger partial charge on any atom is -0.480 e. The lowest BCUT2D eigenvalue weighted by Crippen LogP contribution is -2.38. The number of nitrogens with one attached hydrogen (secondary N) is 1. The molecule has 0 aromatic heterocycles. The Kier molecular flexibility index (Phi) is 4.63. The third-order valence-corrected chi connectivity index (χ3v) is 3.60. The topological polar surface area (TPSA) is 144 Å². The third kappa shape index (κ3) is 4.24. The van der Waals surface area contributed by atoms with E-state index in [1.165, 1.54) is 6.92 Å². The summed E-state index contributed by atoms with van der Waals surface area (Å²) in [7, 11) is -3.76. The fraction of sp³-hybridized carbons (Fsp3) is 0.273. The number of nitro benzene ring substituents is 1. The van der Waals surface area contributed by atoms with Gasteiger partial charge in [0.2, 0.25) is 0 Å². The lowest BCUT2D eigenvalue weighted by Gasteiger charge is -2.10. The molecule has 10 heteroatoms. The van der Waals surface area contributed by atoms with Crippen molar-refractivity contribution in [3.63, 3.8) is 0 Å². The predicted octanol–water partition coefficient (Wildman–Crippen LogP) is 0.201. The van der Waals surface area contributed by atoms with E-state index in [-0.39, 0.29) is 5.56 Å². The first-order chi connectivity index (χ1) is 9.52. The Morgan fingerprint density at radius 1 is 1.33 bits per heavy atom. The number of nitrogens with zero attached hydrogens (tertiary/aromatic N) is 1. The van der Waals surface area contributed by atoms with Crippen LogP contribution < -0.4 is 5.32 Å². The molecule has 1 amide bonds. The zero-order chi connectivity index (χ0) is 16.4. The number of carboxylic acid groups (broad SMARTS) is 1. The summed E-state index contributed by atoms with van der Waals surface area (Å²) in [5.74, 6) is -2.21. The van der Waals surface area contributed by atoms with Crippen molar-refractivity contribution in [3.8, 4) is 0 Å². The van der Waals surface area contributed by atoms with Gasteiger partial charge in [0.1, 0.15) is 6.04 Å². The first-order valence-corrected chi connectivity index (χ1v) is 7.44. The van der Waals surface area contributed by atoms with Gasteiger partial charge < -0.3 is 10.4 Å². The molecule has 0 unspecified atom stereocenters. The summed E-state index contributed by atoms with van der Waals surface area (Å²) < 4.78 is 22.9. The van der Waals surface area contributed by atoms with Crippen molar-refractivity contribution < 1.29 is 28.0 Å². The van der Waals surface area contributed by atoms with Gasteiger partial charge in [-0.15, -0.1) is 0 Å². The van der Waals surface area contributed by atoms with Gasteiger partial charge in [0.05, 0.1) is 9.82 Å². The van der Waals surface area contributed by atoms with Crippen LogP contribution >= 0.6 is 0 Å². The van der Waals surface area contributed by atoms with Crippen molar-refractivity contribution in [1.82, 2.24) is 5.32 Å². The van der Waals surface area contributed by atoms with Gasteiger partial charge in [-0.05, 0) is 13.0 Å². The van der Waals surface area contributed by atoms with Gasteiger partial charge in [0.15, 0.2) is 9.84 Å². The van der Waals surface area contributed by atoms with E-state index in [1.54, 1.807) is 0 Å². The molecule has 114 valence electrons. The molecule has 1 aromatic carbocycles. The highest BCUT2D eigenvalue weighted by molar-refractivity contribution is 7.90. The maximum absolute atomic E-state index is 11.8. The summed E-state index contributed by atoms with van der Waals surface area (Å²) >= 11 is 0. The minimum absolute atomic E-state index is 0.308. The number of non-ortho nitro benzene ring substituents is 1. The van der Waals surface area contributed by atoms with E-state index in [4.69, 9.17) is 5.11 Å². The molecule has 0 aliphatic carbocycles. The molecule has 0 saturated carbocycles. The van der Waals surface area contributed by atoms with Crippen molar-refractivity contribution in [1.29, 1.82) is 0 Å². The van der Waals surface area contributed by atoms with Gasteiger partial charge in [0.25, 0.3) is 11.6 Å². The van der Waals surface area contributed by atoms with Gasteiger partial charge in [-0.1, -0.05) is 0 Å². The van der Waals surface area contributed by atoms with Crippen molar-refractivity contribution in [2.24, 2.45) is 0 Å². The molecule has 0 heterocycles. The normalized spacial score (nSPS) is 12.5. The van der Waals surface area contributed by atoms with Crippen molar-refractivity contribution in [3.05, 3.63) is 33.9 Å². The SMILES string of the molecule is C[C@@H](NC(=O)c1cc([N+](=O)[O-])cc(S(C)(=O)=O)c1)C(=O)O. The van der Waals surface area contributed by atoms with Crippen LogP contribution in [-0.2, 0) is 14.6 Å². The second-order valence-corrected chi connectivity index (χ2v) is 6.29. The fourth-order valence-corrected chi connectivity index (χ4v) is 2.05. The van der Waals surface area contributed by atoms with Crippen LogP contribution in [0.25, 0.3) is 0 Å². The third-order valence-electron chi connectivity index (χ3n) is 2.51. The lowest BCUT2D eigenvalue weighted by molar-refractivity contribution is -0.385. The molecule has 0 aliphatic rings. The molecular formula is C11H12N2O7S. The molecule has 0 spiro atoms. The molecule has 0 bridgehead atoms. The van der Waals surface area contributed by atoms with Gasteiger partial charge in [0, 0.05) is 24.0 Å². The molecule has 0 saturated heterocycles. The number of rotatable bonds is 5. The Balaban J connectivity index is 3.29. The summed E-state index contributed by atoms with van der Waals surface area (Å²) in [6, 6.07) is 1.43. The Bertz CT molecular complexity index is 711. The van der Waals surface area contributed by atoms with Gasteiger partial charge in [-0.3, -0.25) is 19.7 Å². The van der Waals surface area contributed by atoms with Crippen LogP contribution in [0, 0.1) is 10.1 Å². The van der Waals surface area contributed by atoms with E-state index >= 15 is 0 Å². The summed E-state index contributed by atoms with van der Waals surface area (Å²) in [5, 5.41) is 21.5. The second kappa shape index (κ2) is 5.87. The number of hydrogen-bond donors (Lipinski definition) is 2. The number of carbonyl (C=O) groups excluding carboxylic acids is 1. The summed E-state index contributed by atoms with van der Waals surface area (Å²) in [6.07, 6.45) is 0.841. The highest BCUT2D eigenvalue weighted by atomic mass is 32.2. The number of amides is 1. The van der Waals surface area contributed by atoms with E-state index in [1.807, 2.05) is 0 Å². The highest BCUT2D eigenvalue weighted by Gasteiger charge is 2.21. The summed E-state index contributed by atoms with van der Waals surface area (Å²) in [4.78, 5) is 32.0. The smallest absolute Gasteiger partial charge is 0.325 e. The Morgan fingerprint density at radius 2 is 1.90 bits per heavy atom. The first kappa shape index (κ1) is 16.6. The highest BCUT2D eigenvalue weighted by Crippen LogP contribution is 2.21. The largest absolute Gasteiger partial charge is 0.480 e. The Labute approximate surface area is 119 Å². The van der Waals surface area contributed by atoms with E-state index in [0.717, 1.165) is 24.5 Å². The zero-order valence-corrected chi connectivity index (χ0v) is 11.9. The zero-order valence-electron chi connectivity index (χ0n) is 11.1. The monoisotopic (exact) mass is 316 g/mol. The maximum Gasteiger partial charge on any atom is 0.325 e. The second-order valence-electron chi connectivity index (χ2n) is 4.28. The van der Waals surface area contributed by atoms with Crippen molar-refractivity contribution in [2.45, 2.75) is 17.9 Å². The van der Waals surface area contributed by atoms with Crippen molar-refractivity contribution >= 4 is 27.4 Å². The molecule has 1 aromatic rings. The Hall–Kier alpha value is -2.49. The molecule has 0 aliphatic heterocycles. The van der Waals surface area contributed by atoms with E-state index in [0.29, 0.717) is 0 Å². The first-order valence-electron chi connectivity index (χ1n) is 5.55. The van der Waals surface area contributed by atoms with Crippen LogP contribution in [0.15, 0.2) is 23.1 Å². The summed E-state index contributed by atoms with van der Waals surface area (Å²) in [5.41, 5.74) is -0.885. The minimum atomic E-state index is -3.76. The predicted molar refractivity (Wildman–Crippen MR) is 70.8 cm³/mol. The maximum atomic E-state index is 11.8. The quantitative estimate of drug-likeness (QED) is 0.583. The van der Waals surface area contributed by atoms with Crippen LogP contribution in [0.4, 0.5) is 5.69 Å². The molecule has 1 rings (SSSR count). The molecule has 9 nitrogen and oxygen atoms in total. The van der Waals surface area contributed by atoms with Crippen LogP contribution in [0.3, 0.4) is 0 Å². The number of carboxylic acids is 1. The molecule has 0 radical (unpaired) electrons. The molecular weight excluding hydrogens is 304 g/mol. The van der Waals surface area contributed by atoms with E-state index < -0.39 is 43.3 Å². The number of hydrogen-bond acceptors (Lipinski definition) is 6. The van der Waals surface area contributed by atoms with Gasteiger partial charge in [-0.2, -0.15) is 0 Å². The summed E-state index contributed by atoms with van der Waals surface area (Å²) in [6.45, 7) is 1.20. The lowest BCUT2D eigenvalue weighted by atomic mass is 10.1. The number of benzene rings is 1. The van der Waals surface area contributed by atoms with Crippen molar-refractivity contribution in [2.75, 3.05) is 6.26 Å².